The summed E-state index contributed by atoms with van der Waals surface area (Å²) in [6, 6.07) is 133. The molecule has 0 atom stereocenters. The summed E-state index contributed by atoms with van der Waals surface area (Å²) >= 11 is 3.77. The highest BCUT2D eigenvalue weighted by Crippen LogP contribution is 2.47. The third-order valence-corrected chi connectivity index (χ3v) is 23.4. The highest BCUT2D eigenvalue weighted by Gasteiger charge is 2.23. The third-order valence-electron chi connectivity index (χ3n) is 21.0. The molecule has 0 unspecified atom stereocenters. The predicted molar refractivity (Wildman–Crippen MR) is 438 cm³/mol. The van der Waals surface area contributed by atoms with Gasteiger partial charge in [-0.2, -0.15) is 0 Å². The van der Waals surface area contributed by atoms with Crippen molar-refractivity contribution in [3.8, 4) is 67.3 Å². The molecule has 0 saturated heterocycles. The average molecular weight is 1330 g/mol. The molecule has 16 aromatic carbocycles. The normalized spacial score (nSPS) is 11.9. The maximum Gasteiger partial charge on any atom is 0.0719 e. The third kappa shape index (κ3) is 9.20. The minimum Gasteiger partial charge on any atom is -0.309 e. The molecule has 6 heterocycles. The maximum atomic E-state index is 2.47. The maximum absolute atomic E-state index is 2.47. The van der Waals surface area contributed by atoms with Crippen molar-refractivity contribution < 1.29 is 0 Å². The van der Waals surface area contributed by atoms with Gasteiger partial charge in [0.25, 0.3) is 0 Å². The molecule has 0 spiro atoms. The van der Waals surface area contributed by atoms with Crippen LogP contribution in [0.2, 0.25) is 0 Å². The summed E-state index contributed by atoms with van der Waals surface area (Å²) < 4.78 is 15.0. The number of aromatic nitrogens is 4. The van der Waals surface area contributed by atoms with E-state index in [1.165, 1.54) is 183 Å². The van der Waals surface area contributed by atoms with Gasteiger partial charge in [0.05, 0.1) is 48.8 Å². The zero-order valence-corrected chi connectivity index (χ0v) is 56.9. The van der Waals surface area contributed by atoms with E-state index in [1.807, 2.05) is 22.7 Å². The quantitative estimate of drug-likeness (QED) is 0.144. The lowest BCUT2D eigenvalue weighted by Gasteiger charge is -2.10. The van der Waals surface area contributed by atoms with Crippen molar-refractivity contribution >= 4 is 150 Å². The Morgan fingerprint density at radius 1 is 0.167 bits per heavy atom. The first kappa shape index (κ1) is 58.2. The largest absolute Gasteiger partial charge is 0.309 e. The van der Waals surface area contributed by atoms with E-state index >= 15 is 0 Å². The molecule has 22 rings (SSSR count). The minimum absolute atomic E-state index is 1.16. The topological polar surface area (TPSA) is 19.7 Å². The molecule has 0 radical (unpaired) electrons. The molecule has 4 nitrogen and oxygen atoms in total. The van der Waals surface area contributed by atoms with E-state index in [9.17, 15) is 0 Å². The lowest BCUT2D eigenvalue weighted by atomic mass is 10.00. The first-order valence-electron chi connectivity index (χ1n) is 34.9. The zero-order chi connectivity index (χ0) is 66.9. The van der Waals surface area contributed by atoms with Crippen LogP contribution in [0.4, 0.5) is 0 Å². The van der Waals surface area contributed by atoms with Crippen molar-refractivity contribution in [2.75, 3.05) is 0 Å². The van der Waals surface area contributed by atoms with Crippen molar-refractivity contribution in [3.05, 3.63) is 364 Å². The molecule has 0 saturated carbocycles. The SMILES string of the molecule is c1ccc(-c2ccc(-n3c4ccccc4c4cc(-c5ccc6c(c5)c5ccc7c8ccccc8sc7c5n6-c5ccccc5)ccc43)cc2)cc1.c1ccc(-c2ccc(-n3c4ccccc4c4cc(-c5ccc6c(c5)c5ccc7sc8ccccc8c7c5n6-c5ccccc5)ccc43)cc2)cc1. The van der Waals surface area contributed by atoms with Crippen molar-refractivity contribution in [2.45, 2.75) is 0 Å². The summed E-state index contributed by atoms with van der Waals surface area (Å²) in [6.07, 6.45) is 0. The second-order valence-electron chi connectivity index (χ2n) is 26.7. The molecular formula is C96H60N4S2. The predicted octanol–water partition coefficient (Wildman–Crippen LogP) is 27.2. The number of para-hydroxylation sites is 4. The van der Waals surface area contributed by atoms with Crippen molar-refractivity contribution in [1.82, 2.24) is 18.3 Å². The summed E-state index contributed by atoms with van der Waals surface area (Å²) in [5.74, 6) is 0. The summed E-state index contributed by atoms with van der Waals surface area (Å²) in [5.41, 5.74) is 24.3. The summed E-state index contributed by atoms with van der Waals surface area (Å²) in [7, 11) is 0. The van der Waals surface area contributed by atoms with Crippen LogP contribution in [-0.2, 0) is 0 Å². The molecule has 476 valence electrons. The zero-order valence-electron chi connectivity index (χ0n) is 55.2. The summed E-state index contributed by atoms with van der Waals surface area (Å²) in [4.78, 5) is 0. The molecule has 22 aromatic rings. The Labute approximate surface area is 595 Å². The van der Waals surface area contributed by atoms with E-state index in [2.05, 4.69) is 382 Å². The van der Waals surface area contributed by atoms with Gasteiger partial charge in [-0.25, -0.2) is 0 Å². The molecule has 0 aliphatic heterocycles. The van der Waals surface area contributed by atoms with Gasteiger partial charge in [-0.15, -0.1) is 22.7 Å². The molecule has 0 aliphatic carbocycles. The fourth-order valence-electron chi connectivity index (χ4n) is 16.4. The average Bonchev–Trinajstić information content (AvgIpc) is 1.57. The van der Waals surface area contributed by atoms with E-state index in [1.54, 1.807) is 0 Å². The Morgan fingerprint density at radius 2 is 0.490 bits per heavy atom. The fraction of sp³-hybridized carbons (Fsp3) is 0. The molecule has 0 amide bonds. The second kappa shape index (κ2) is 23.4. The first-order chi connectivity index (χ1) is 50.6. The van der Waals surface area contributed by atoms with Gasteiger partial charge in [0.2, 0.25) is 0 Å². The Bertz CT molecular complexity index is 7070. The molecular weight excluding hydrogens is 1270 g/mol. The molecule has 0 fully saturated rings. The molecule has 6 aromatic heterocycles. The smallest absolute Gasteiger partial charge is 0.0719 e. The van der Waals surface area contributed by atoms with Gasteiger partial charge in [0.15, 0.2) is 0 Å². The Hall–Kier alpha value is -12.8. The minimum atomic E-state index is 1.16. The van der Waals surface area contributed by atoms with E-state index in [4.69, 9.17) is 0 Å². The molecule has 0 aliphatic rings. The van der Waals surface area contributed by atoms with E-state index in [0.717, 1.165) is 11.4 Å². The monoisotopic (exact) mass is 1330 g/mol. The number of nitrogens with zero attached hydrogens (tertiary/aromatic N) is 4. The van der Waals surface area contributed by atoms with Gasteiger partial charge >= 0.3 is 0 Å². The second-order valence-corrected chi connectivity index (χ2v) is 28.8. The van der Waals surface area contributed by atoms with E-state index in [0.29, 0.717) is 0 Å². The van der Waals surface area contributed by atoms with E-state index in [-0.39, 0.29) is 0 Å². The Kier molecular flexibility index (Phi) is 13.3. The van der Waals surface area contributed by atoms with Crippen LogP contribution in [0.1, 0.15) is 0 Å². The number of benzene rings is 16. The highest BCUT2D eigenvalue weighted by molar-refractivity contribution is 7.27. The van der Waals surface area contributed by atoms with Crippen molar-refractivity contribution in [2.24, 2.45) is 0 Å². The van der Waals surface area contributed by atoms with Crippen LogP contribution in [0, 0.1) is 0 Å². The van der Waals surface area contributed by atoms with Crippen LogP contribution in [0.5, 0.6) is 0 Å². The lowest BCUT2D eigenvalue weighted by Crippen LogP contribution is -1.94. The van der Waals surface area contributed by atoms with Gasteiger partial charge in [0.1, 0.15) is 0 Å². The number of thiophene rings is 2. The van der Waals surface area contributed by atoms with Crippen molar-refractivity contribution in [3.63, 3.8) is 0 Å². The highest BCUT2D eigenvalue weighted by atomic mass is 32.1. The van der Waals surface area contributed by atoms with Gasteiger partial charge in [-0.1, -0.05) is 237 Å². The number of fused-ring (bicyclic) bond motifs is 20. The number of hydrogen-bond donors (Lipinski definition) is 0. The van der Waals surface area contributed by atoms with Gasteiger partial charge in [0, 0.05) is 101 Å². The van der Waals surface area contributed by atoms with Crippen LogP contribution >= 0.6 is 22.7 Å². The Morgan fingerprint density at radius 3 is 0.980 bits per heavy atom. The fourth-order valence-corrected chi connectivity index (χ4v) is 18.7. The molecule has 0 N–H and O–H groups in total. The molecule has 6 heteroatoms. The number of hydrogen-bond acceptors (Lipinski definition) is 2. The molecule has 0 bridgehead atoms. The van der Waals surface area contributed by atoms with Gasteiger partial charge in [-0.05, 0) is 172 Å². The van der Waals surface area contributed by atoms with Crippen LogP contribution in [-0.4, -0.2) is 18.3 Å². The lowest BCUT2D eigenvalue weighted by molar-refractivity contribution is 1.18. The first-order valence-corrected chi connectivity index (χ1v) is 36.5. The van der Waals surface area contributed by atoms with Gasteiger partial charge < -0.3 is 18.3 Å². The van der Waals surface area contributed by atoms with Crippen LogP contribution in [0.25, 0.3) is 195 Å². The molecule has 102 heavy (non-hydrogen) atoms. The van der Waals surface area contributed by atoms with Crippen molar-refractivity contribution in [1.29, 1.82) is 0 Å². The van der Waals surface area contributed by atoms with Crippen LogP contribution in [0.15, 0.2) is 364 Å². The van der Waals surface area contributed by atoms with Crippen LogP contribution in [0.3, 0.4) is 0 Å². The summed E-state index contributed by atoms with van der Waals surface area (Å²) in [6.45, 7) is 0. The van der Waals surface area contributed by atoms with Crippen LogP contribution < -0.4 is 0 Å². The van der Waals surface area contributed by atoms with E-state index < -0.39 is 0 Å². The Balaban J connectivity index is 0.000000133. The standard InChI is InChI=1S/2C48H30N2S/c1-3-11-31(12-4-1)32-19-23-36(24-20-32)49-43-17-9-7-15-37(43)41-29-33(21-27-44(41)49)34-22-28-45-42(30-34)39-25-26-40-38-16-8-10-18-46(38)51-48(40)47(39)50(45)35-13-5-2-6-14-35;1-3-11-31(12-4-1)32-19-23-36(24-20-32)49-42-17-9-7-15-37(42)40-29-33(21-26-43(40)49)34-22-27-44-41(30-34)38-25-28-46-47(39-16-8-10-18-45(39)51-46)48(38)50(44)35-13-5-2-6-14-35/h2*1-30H. The summed E-state index contributed by atoms with van der Waals surface area (Å²) in [5, 5.41) is 15.4. The number of rotatable bonds is 8. The van der Waals surface area contributed by atoms with Gasteiger partial charge in [-0.3, -0.25) is 0 Å².